The van der Waals surface area contributed by atoms with Gasteiger partial charge in [0.2, 0.25) is 10.0 Å². The largest absolute Gasteiger partial charge is 0.212 e. The minimum absolute atomic E-state index is 0.139. The van der Waals surface area contributed by atoms with Crippen molar-refractivity contribution in [1.29, 1.82) is 0 Å². The summed E-state index contributed by atoms with van der Waals surface area (Å²) in [4.78, 5) is 1.29. The van der Waals surface area contributed by atoms with E-state index in [1.807, 2.05) is 18.4 Å². The maximum atomic E-state index is 11.6. The molecule has 1 aromatic rings. The molecule has 0 radical (unpaired) electrons. The van der Waals surface area contributed by atoms with Gasteiger partial charge in [-0.1, -0.05) is 19.4 Å². The Labute approximate surface area is 101 Å². The summed E-state index contributed by atoms with van der Waals surface area (Å²) in [6.45, 7) is 2.00. The molecule has 1 fully saturated rings. The number of thiophene rings is 1. The van der Waals surface area contributed by atoms with Gasteiger partial charge in [-0.05, 0) is 24.3 Å². The molecule has 0 aliphatic heterocycles. The highest BCUT2D eigenvalue weighted by atomic mass is 32.2. The molecule has 2 atom stereocenters. The first-order chi connectivity index (χ1) is 7.62. The van der Waals surface area contributed by atoms with Crippen molar-refractivity contribution in [2.45, 2.75) is 38.1 Å². The van der Waals surface area contributed by atoms with Crippen LogP contribution in [0.1, 0.15) is 37.0 Å². The molecule has 1 heterocycles. The van der Waals surface area contributed by atoms with E-state index in [2.05, 4.69) is 10.8 Å². The SMILES string of the molecule is CCCCS(=O)(=O)NC1CC1c1cccs1. The predicted molar refractivity (Wildman–Crippen MR) is 67.3 cm³/mol. The fraction of sp³-hybridized carbons (Fsp3) is 0.636. The third-order valence-corrected chi connectivity index (χ3v) is 5.29. The molecule has 2 unspecified atom stereocenters. The third-order valence-electron chi connectivity index (χ3n) is 2.80. The lowest BCUT2D eigenvalue weighted by Gasteiger charge is -2.04. The summed E-state index contributed by atoms with van der Waals surface area (Å²) >= 11 is 1.71. The Hall–Kier alpha value is -0.390. The molecule has 0 saturated heterocycles. The smallest absolute Gasteiger partial charge is 0.211 e. The predicted octanol–water partition coefficient (Wildman–Crippen LogP) is 2.32. The fourth-order valence-corrected chi connectivity index (χ4v) is 4.18. The molecule has 5 heteroatoms. The lowest BCUT2D eigenvalue weighted by atomic mass is 10.3. The van der Waals surface area contributed by atoms with E-state index < -0.39 is 10.0 Å². The Morgan fingerprint density at radius 2 is 2.38 bits per heavy atom. The van der Waals surface area contributed by atoms with E-state index in [0.717, 1.165) is 19.3 Å². The van der Waals surface area contributed by atoms with Crippen LogP contribution in [-0.4, -0.2) is 20.2 Å². The number of hydrogen-bond donors (Lipinski definition) is 1. The first-order valence-corrected chi connectivity index (χ1v) is 8.19. The minimum atomic E-state index is -3.05. The standard InChI is InChI=1S/C11H17NO2S2/c1-2-3-7-16(13,14)12-10-8-9(10)11-5-4-6-15-11/h4-6,9-10,12H,2-3,7-8H2,1H3. The van der Waals surface area contributed by atoms with Crippen LogP contribution in [0.15, 0.2) is 17.5 Å². The highest BCUT2D eigenvalue weighted by Crippen LogP contribution is 2.43. The summed E-state index contributed by atoms with van der Waals surface area (Å²) in [5.74, 6) is 0.674. The van der Waals surface area contributed by atoms with Gasteiger partial charge in [0.15, 0.2) is 0 Å². The molecular formula is C11H17NO2S2. The van der Waals surface area contributed by atoms with Gasteiger partial charge in [0.25, 0.3) is 0 Å². The Morgan fingerprint density at radius 1 is 1.56 bits per heavy atom. The van der Waals surface area contributed by atoms with E-state index in [0.29, 0.717) is 5.92 Å². The van der Waals surface area contributed by atoms with Crippen molar-refractivity contribution in [3.8, 4) is 0 Å². The number of unbranched alkanes of at least 4 members (excludes halogenated alkanes) is 1. The number of rotatable bonds is 6. The molecule has 3 nitrogen and oxygen atoms in total. The Kier molecular flexibility index (Phi) is 3.66. The summed E-state index contributed by atoms with van der Waals surface area (Å²) in [5, 5.41) is 2.04. The summed E-state index contributed by atoms with van der Waals surface area (Å²) in [6.07, 6.45) is 2.61. The maximum Gasteiger partial charge on any atom is 0.211 e. The fourth-order valence-electron chi connectivity index (χ4n) is 1.77. The highest BCUT2D eigenvalue weighted by molar-refractivity contribution is 7.89. The number of sulfonamides is 1. The number of hydrogen-bond acceptors (Lipinski definition) is 3. The molecule has 1 N–H and O–H groups in total. The van der Waals surface area contributed by atoms with Crippen LogP contribution in [0, 0.1) is 0 Å². The van der Waals surface area contributed by atoms with Crippen molar-refractivity contribution in [3.05, 3.63) is 22.4 Å². The second kappa shape index (κ2) is 4.85. The van der Waals surface area contributed by atoms with E-state index in [-0.39, 0.29) is 11.8 Å². The van der Waals surface area contributed by atoms with Crippen molar-refractivity contribution in [2.24, 2.45) is 0 Å². The molecule has 0 bridgehead atoms. The number of nitrogens with one attached hydrogen (secondary N) is 1. The van der Waals surface area contributed by atoms with Gasteiger partial charge in [-0.2, -0.15) is 0 Å². The summed E-state index contributed by atoms with van der Waals surface area (Å²) < 4.78 is 26.1. The Balaban J connectivity index is 1.85. The maximum absolute atomic E-state index is 11.6. The molecule has 0 spiro atoms. The third kappa shape index (κ3) is 3.06. The molecule has 0 aromatic carbocycles. The highest BCUT2D eigenvalue weighted by Gasteiger charge is 2.41. The molecule has 1 aliphatic rings. The van der Waals surface area contributed by atoms with Crippen LogP contribution in [0.4, 0.5) is 0 Å². The normalized spacial score (nSPS) is 24.6. The zero-order valence-corrected chi connectivity index (χ0v) is 11.0. The molecular weight excluding hydrogens is 242 g/mol. The van der Waals surface area contributed by atoms with E-state index in [1.165, 1.54) is 4.88 Å². The zero-order valence-electron chi connectivity index (χ0n) is 9.35. The first kappa shape index (κ1) is 12.1. The van der Waals surface area contributed by atoms with Crippen LogP contribution in [0.3, 0.4) is 0 Å². The van der Waals surface area contributed by atoms with Crippen molar-refractivity contribution in [3.63, 3.8) is 0 Å². The lowest BCUT2D eigenvalue weighted by molar-refractivity contribution is 0.576. The van der Waals surface area contributed by atoms with Crippen molar-refractivity contribution < 1.29 is 8.42 Å². The van der Waals surface area contributed by atoms with Gasteiger partial charge < -0.3 is 0 Å². The Morgan fingerprint density at radius 3 is 3.00 bits per heavy atom. The average molecular weight is 259 g/mol. The van der Waals surface area contributed by atoms with E-state index in [4.69, 9.17) is 0 Å². The molecule has 0 amide bonds. The minimum Gasteiger partial charge on any atom is -0.212 e. The van der Waals surface area contributed by atoms with Gasteiger partial charge in [0.1, 0.15) is 0 Å². The van der Waals surface area contributed by atoms with Crippen LogP contribution >= 0.6 is 11.3 Å². The quantitative estimate of drug-likeness (QED) is 0.852. The van der Waals surface area contributed by atoms with Gasteiger partial charge in [-0.25, -0.2) is 13.1 Å². The zero-order chi connectivity index (χ0) is 11.6. The van der Waals surface area contributed by atoms with Crippen molar-refractivity contribution in [2.75, 3.05) is 5.75 Å². The van der Waals surface area contributed by atoms with Crippen molar-refractivity contribution >= 4 is 21.4 Å². The van der Waals surface area contributed by atoms with E-state index in [9.17, 15) is 8.42 Å². The summed E-state index contributed by atoms with van der Waals surface area (Å²) in [6, 6.07) is 4.23. The van der Waals surface area contributed by atoms with Crippen molar-refractivity contribution in [1.82, 2.24) is 4.72 Å². The Bertz CT molecular complexity index is 425. The summed E-state index contributed by atoms with van der Waals surface area (Å²) in [7, 11) is -3.05. The van der Waals surface area contributed by atoms with Gasteiger partial charge in [-0.15, -0.1) is 11.3 Å². The second-order valence-electron chi connectivity index (χ2n) is 4.25. The average Bonchev–Trinajstić information content (AvgIpc) is 2.80. The molecule has 1 aliphatic carbocycles. The van der Waals surface area contributed by atoms with Gasteiger partial charge in [0, 0.05) is 16.8 Å². The van der Waals surface area contributed by atoms with E-state index in [1.54, 1.807) is 11.3 Å². The first-order valence-electron chi connectivity index (χ1n) is 5.66. The van der Waals surface area contributed by atoms with Crippen LogP contribution in [0.5, 0.6) is 0 Å². The molecule has 90 valence electrons. The van der Waals surface area contributed by atoms with E-state index >= 15 is 0 Å². The van der Waals surface area contributed by atoms with Gasteiger partial charge in [-0.3, -0.25) is 0 Å². The van der Waals surface area contributed by atoms with Crippen LogP contribution < -0.4 is 4.72 Å². The van der Waals surface area contributed by atoms with Crippen LogP contribution in [-0.2, 0) is 10.0 Å². The molecule has 1 aromatic heterocycles. The monoisotopic (exact) mass is 259 g/mol. The molecule has 2 rings (SSSR count). The van der Waals surface area contributed by atoms with Crippen LogP contribution in [0.25, 0.3) is 0 Å². The topological polar surface area (TPSA) is 46.2 Å². The molecule has 1 saturated carbocycles. The van der Waals surface area contributed by atoms with Gasteiger partial charge >= 0.3 is 0 Å². The van der Waals surface area contributed by atoms with Crippen LogP contribution in [0.2, 0.25) is 0 Å². The second-order valence-corrected chi connectivity index (χ2v) is 7.11. The van der Waals surface area contributed by atoms with Gasteiger partial charge in [0.05, 0.1) is 5.75 Å². The summed E-state index contributed by atoms with van der Waals surface area (Å²) in [5.41, 5.74) is 0. The molecule has 16 heavy (non-hydrogen) atoms. The lowest BCUT2D eigenvalue weighted by Crippen LogP contribution is -2.29.